The number of aliphatic hydroxyl groups excluding tert-OH is 10. The zero-order chi connectivity index (χ0) is 41.5. The lowest BCUT2D eigenvalue weighted by Gasteiger charge is -2.45. The van der Waals surface area contributed by atoms with E-state index in [1.165, 1.54) is 6.92 Å². The minimum atomic E-state index is -1.94. The monoisotopic (exact) mass is 808 g/mol. The molecule has 0 spiro atoms. The van der Waals surface area contributed by atoms with Gasteiger partial charge in [-0.2, -0.15) is 0 Å². The predicted octanol–water partition coefficient (Wildman–Crippen LogP) is -2.12. The van der Waals surface area contributed by atoms with Crippen LogP contribution in [0.3, 0.4) is 0 Å². The van der Waals surface area contributed by atoms with E-state index in [1.807, 2.05) is 13.8 Å². The molecule has 4 heterocycles. The number of benzene rings is 2. The van der Waals surface area contributed by atoms with E-state index in [4.69, 9.17) is 32.8 Å². The number of aliphatic hydroxyl groups is 10. The maximum atomic E-state index is 14.5. The summed E-state index contributed by atoms with van der Waals surface area (Å²) in [4.78, 5) is 14.5. The highest BCUT2D eigenvalue weighted by molar-refractivity contribution is 5.91. The summed E-state index contributed by atoms with van der Waals surface area (Å²) in [7, 11) is 0. The molecule has 19 nitrogen and oxygen atoms in total. The van der Waals surface area contributed by atoms with Gasteiger partial charge in [-0.25, -0.2) is 0 Å². The fraction of sp³-hybridized carbons (Fsp3) is 0.553. The van der Waals surface area contributed by atoms with E-state index in [9.17, 15) is 61.0 Å². The largest absolute Gasteiger partial charge is 0.507 e. The van der Waals surface area contributed by atoms with Crippen molar-refractivity contribution in [2.45, 2.75) is 119 Å². The molecular weight excluding hydrogens is 760 g/mol. The van der Waals surface area contributed by atoms with Crippen molar-refractivity contribution in [2.24, 2.45) is 0 Å². The molecular formula is C38H48O19. The summed E-state index contributed by atoms with van der Waals surface area (Å²) < 4.78 is 40.8. The van der Waals surface area contributed by atoms with Crippen LogP contribution in [0.25, 0.3) is 22.3 Å². The summed E-state index contributed by atoms with van der Waals surface area (Å²) in [5, 5.41) is 115. The summed E-state index contributed by atoms with van der Waals surface area (Å²) in [6, 6.07) is 9.20. The Kier molecular flexibility index (Phi) is 13.2. The number of allylic oxidation sites excluding steroid dienone is 2. The molecule has 3 saturated heterocycles. The van der Waals surface area contributed by atoms with Crippen molar-refractivity contribution in [1.29, 1.82) is 0 Å². The molecule has 0 saturated carbocycles. The Balaban J connectivity index is 1.39. The van der Waals surface area contributed by atoms with Crippen molar-refractivity contribution in [3.63, 3.8) is 0 Å². The van der Waals surface area contributed by atoms with Crippen LogP contribution in [-0.4, -0.2) is 162 Å². The number of phenols is 1. The first-order chi connectivity index (χ1) is 27.1. The molecule has 0 radical (unpaired) electrons. The van der Waals surface area contributed by atoms with Crippen molar-refractivity contribution in [1.82, 2.24) is 0 Å². The maximum Gasteiger partial charge on any atom is 0.239 e. The van der Waals surface area contributed by atoms with Gasteiger partial charge in [0.1, 0.15) is 89.6 Å². The van der Waals surface area contributed by atoms with Crippen LogP contribution in [0.15, 0.2) is 57.3 Å². The van der Waals surface area contributed by atoms with Gasteiger partial charge in [-0.15, -0.1) is 0 Å². The van der Waals surface area contributed by atoms with Gasteiger partial charge in [0.25, 0.3) is 0 Å². The topological polar surface area (TPSA) is 308 Å². The van der Waals surface area contributed by atoms with Crippen molar-refractivity contribution in [3.8, 4) is 28.6 Å². The van der Waals surface area contributed by atoms with Gasteiger partial charge in [-0.05, 0) is 27.2 Å². The minimum Gasteiger partial charge on any atom is -0.507 e. The van der Waals surface area contributed by atoms with Gasteiger partial charge in [-0.1, -0.05) is 42.0 Å². The van der Waals surface area contributed by atoms with E-state index in [-0.39, 0.29) is 29.1 Å². The SMILES string of the molecule is CC(C)=CCc1c(O[C@@H]2O[C@H](CO)[C@@H](O)[C@H](O)[C@H]2O)cc(O)c2c(=O)c(O[C@@H]3O[C@H](C)[C@@H](O[C@@H]4O[C@H](CO)[C@@H](O)[C@H](O)[C@H]4O)[C@H](O)[C@@H]3O)c(-c3ccccc3)oc12. The van der Waals surface area contributed by atoms with Gasteiger partial charge >= 0.3 is 0 Å². The second-order valence-electron chi connectivity index (χ2n) is 14.4. The third-order valence-corrected chi connectivity index (χ3v) is 10.2. The van der Waals surface area contributed by atoms with E-state index in [0.29, 0.717) is 5.56 Å². The number of rotatable bonds is 11. The van der Waals surface area contributed by atoms with Gasteiger partial charge in [0.2, 0.25) is 23.8 Å². The lowest BCUT2D eigenvalue weighted by molar-refractivity contribution is -0.348. The van der Waals surface area contributed by atoms with Gasteiger partial charge in [0, 0.05) is 17.2 Å². The van der Waals surface area contributed by atoms with Crippen LogP contribution in [0.2, 0.25) is 0 Å². The van der Waals surface area contributed by atoms with Gasteiger partial charge in [0.05, 0.1) is 19.3 Å². The molecule has 314 valence electrons. The average Bonchev–Trinajstić information content (AvgIpc) is 3.19. The molecule has 19 heteroatoms. The lowest BCUT2D eigenvalue weighted by atomic mass is 9.97. The smallest absolute Gasteiger partial charge is 0.239 e. The number of fused-ring (bicyclic) bond motifs is 1. The van der Waals surface area contributed by atoms with Crippen LogP contribution in [0.1, 0.15) is 26.3 Å². The fourth-order valence-corrected chi connectivity index (χ4v) is 6.88. The summed E-state index contributed by atoms with van der Waals surface area (Å²) in [6.07, 6.45) is -22.8. The number of phenolic OH excluding ortho intramolecular Hbond substituents is 1. The molecule has 0 amide bonds. The average molecular weight is 809 g/mol. The molecule has 11 N–H and O–H groups in total. The predicted molar refractivity (Wildman–Crippen MR) is 193 cm³/mol. The number of hydrogen-bond donors (Lipinski definition) is 11. The first-order valence-corrected chi connectivity index (χ1v) is 18.2. The molecule has 0 bridgehead atoms. The van der Waals surface area contributed by atoms with Crippen molar-refractivity contribution in [3.05, 3.63) is 63.8 Å². The molecule has 0 unspecified atom stereocenters. The molecule has 3 fully saturated rings. The van der Waals surface area contributed by atoms with E-state index in [1.54, 1.807) is 36.4 Å². The Morgan fingerprint density at radius 1 is 0.737 bits per heavy atom. The van der Waals surface area contributed by atoms with E-state index in [0.717, 1.165) is 11.6 Å². The van der Waals surface area contributed by atoms with Crippen LogP contribution in [0.4, 0.5) is 0 Å². The molecule has 2 aromatic carbocycles. The summed E-state index contributed by atoms with van der Waals surface area (Å²) >= 11 is 0. The first-order valence-electron chi connectivity index (χ1n) is 18.2. The number of ether oxygens (including phenoxy) is 6. The Hall–Kier alpha value is -3.77. The highest BCUT2D eigenvalue weighted by Gasteiger charge is 2.51. The zero-order valence-corrected chi connectivity index (χ0v) is 31.0. The molecule has 3 aliphatic heterocycles. The second-order valence-corrected chi connectivity index (χ2v) is 14.4. The zero-order valence-electron chi connectivity index (χ0n) is 31.0. The Morgan fingerprint density at radius 2 is 1.30 bits per heavy atom. The van der Waals surface area contributed by atoms with Gasteiger partial charge < -0.3 is 89.0 Å². The normalized spacial score (nSPS) is 35.8. The first kappa shape index (κ1) is 42.8. The molecule has 15 atom stereocenters. The van der Waals surface area contributed by atoms with E-state index < -0.39 is 128 Å². The van der Waals surface area contributed by atoms with Gasteiger partial charge in [-0.3, -0.25) is 4.79 Å². The Bertz CT molecular complexity index is 1930. The van der Waals surface area contributed by atoms with Crippen molar-refractivity contribution < 1.29 is 89.0 Å². The second kappa shape index (κ2) is 17.6. The van der Waals surface area contributed by atoms with Crippen molar-refractivity contribution in [2.75, 3.05) is 13.2 Å². The fourth-order valence-electron chi connectivity index (χ4n) is 6.88. The highest BCUT2D eigenvalue weighted by Crippen LogP contribution is 2.42. The molecule has 0 aliphatic carbocycles. The Labute approximate surface area is 324 Å². The molecule has 57 heavy (non-hydrogen) atoms. The van der Waals surface area contributed by atoms with Gasteiger partial charge in [0.15, 0.2) is 12.1 Å². The molecule has 3 aliphatic rings. The lowest BCUT2D eigenvalue weighted by Crippen LogP contribution is -2.64. The van der Waals surface area contributed by atoms with Crippen LogP contribution < -0.4 is 14.9 Å². The third kappa shape index (κ3) is 8.40. The maximum absolute atomic E-state index is 14.5. The van der Waals surface area contributed by atoms with Crippen LogP contribution >= 0.6 is 0 Å². The van der Waals surface area contributed by atoms with Crippen LogP contribution in [0, 0.1) is 0 Å². The van der Waals surface area contributed by atoms with Crippen LogP contribution in [0.5, 0.6) is 17.2 Å². The van der Waals surface area contributed by atoms with Crippen LogP contribution in [-0.2, 0) is 25.4 Å². The molecule has 6 rings (SSSR count). The number of aromatic hydroxyl groups is 1. The minimum absolute atomic E-state index is 0.0350. The number of hydrogen-bond acceptors (Lipinski definition) is 19. The van der Waals surface area contributed by atoms with E-state index >= 15 is 0 Å². The summed E-state index contributed by atoms with van der Waals surface area (Å²) in [5.41, 5.74) is 0.179. The quantitative estimate of drug-likeness (QED) is 0.0923. The van der Waals surface area contributed by atoms with Crippen molar-refractivity contribution >= 4 is 11.0 Å². The summed E-state index contributed by atoms with van der Waals surface area (Å²) in [6.45, 7) is 3.57. The summed E-state index contributed by atoms with van der Waals surface area (Å²) in [5.74, 6) is -1.58. The standard InChI is InChI=1S/C38H48O19/c1-14(2)9-10-17-19(52-37-29(48)26(45)23(42)20(12-39)53-37)11-18(41)22-25(44)35(33(55-34(17)22)16-7-5-4-6-8-16)57-36-31(50)28(47)32(15(3)51-36)56-38-30(49)27(46)24(43)21(13-40)54-38/h4-9,11,15,20-21,23-24,26-32,36-43,45-50H,10,12-13H2,1-3H3/t15-,20-,21-,23-,24-,26+,27+,28-,29-,30-,31+,32-,36+,37-,38+/m1/s1. The molecule has 3 aromatic rings. The Morgan fingerprint density at radius 3 is 1.89 bits per heavy atom. The molecule has 1 aromatic heterocycles. The van der Waals surface area contributed by atoms with E-state index in [2.05, 4.69) is 0 Å². The third-order valence-electron chi connectivity index (χ3n) is 10.2. The highest BCUT2D eigenvalue weighted by atomic mass is 16.7.